The molecule has 2 nitrogen and oxygen atoms in total. The monoisotopic (exact) mass is 407 g/mol. The fourth-order valence-corrected chi connectivity index (χ4v) is 3.64. The largest absolute Gasteiger partial charge is 0.481 e. The van der Waals surface area contributed by atoms with E-state index >= 15 is 0 Å². The van der Waals surface area contributed by atoms with Gasteiger partial charge in [-0.2, -0.15) is 11.8 Å². The predicted molar refractivity (Wildman–Crippen MR) is 105 cm³/mol. The van der Waals surface area contributed by atoms with Gasteiger partial charge in [-0.1, -0.05) is 103 Å². The molecule has 0 amide bonds. The average Bonchev–Trinajstić information content (AvgIpc) is 2.53. The molecular weight excluding hydrogens is 368 g/mol. The standard InChI is InChI=1S/C20H40O2S.Cu/c1-2-3-4-5-6-7-8-9-10-11-12-13-14-15-16-17-18-23-19-20(21)22;/h2-19H2,1H3,(H,21,22);. The van der Waals surface area contributed by atoms with E-state index in [1.54, 1.807) is 11.8 Å². The fourth-order valence-electron chi connectivity index (χ4n) is 2.91. The Morgan fingerprint density at radius 3 is 1.33 bits per heavy atom. The number of aliphatic carboxylic acids is 1. The van der Waals surface area contributed by atoms with Gasteiger partial charge in [0, 0.05) is 17.1 Å². The molecule has 24 heavy (non-hydrogen) atoms. The Morgan fingerprint density at radius 2 is 1.00 bits per heavy atom. The van der Waals surface area contributed by atoms with Gasteiger partial charge in [0.25, 0.3) is 0 Å². The molecular formula is C20H40CuO2S. The van der Waals surface area contributed by atoms with Crippen LogP contribution in [0.4, 0.5) is 0 Å². The van der Waals surface area contributed by atoms with Gasteiger partial charge in [0.05, 0.1) is 5.75 Å². The molecule has 0 aromatic carbocycles. The summed E-state index contributed by atoms with van der Waals surface area (Å²) >= 11 is 1.55. The van der Waals surface area contributed by atoms with Gasteiger partial charge in [-0.3, -0.25) is 4.79 Å². The molecule has 0 saturated heterocycles. The summed E-state index contributed by atoms with van der Waals surface area (Å²) in [6.45, 7) is 2.28. The number of carboxylic acid groups (broad SMARTS) is 1. The van der Waals surface area contributed by atoms with Crippen molar-refractivity contribution >= 4 is 17.7 Å². The molecule has 0 aliphatic rings. The second-order valence-corrected chi connectivity index (χ2v) is 7.85. The van der Waals surface area contributed by atoms with Crippen molar-refractivity contribution in [1.82, 2.24) is 0 Å². The first-order valence-corrected chi connectivity index (χ1v) is 11.2. The van der Waals surface area contributed by atoms with Crippen molar-refractivity contribution in [2.24, 2.45) is 0 Å². The minimum absolute atomic E-state index is 0. The van der Waals surface area contributed by atoms with E-state index < -0.39 is 5.97 Å². The van der Waals surface area contributed by atoms with Crippen molar-refractivity contribution in [3.05, 3.63) is 0 Å². The van der Waals surface area contributed by atoms with Crippen LogP contribution in [-0.2, 0) is 21.9 Å². The fraction of sp³-hybridized carbons (Fsp3) is 0.950. The van der Waals surface area contributed by atoms with Crippen molar-refractivity contribution in [3.8, 4) is 0 Å². The van der Waals surface area contributed by atoms with E-state index in [9.17, 15) is 4.79 Å². The smallest absolute Gasteiger partial charge is 0.313 e. The van der Waals surface area contributed by atoms with Crippen LogP contribution in [-0.4, -0.2) is 22.6 Å². The maximum atomic E-state index is 10.4. The second-order valence-electron chi connectivity index (χ2n) is 6.75. The molecule has 0 aliphatic heterocycles. The summed E-state index contributed by atoms with van der Waals surface area (Å²) in [6, 6.07) is 0. The molecule has 149 valence electrons. The van der Waals surface area contributed by atoms with Crippen molar-refractivity contribution in [1.29, 1.82) is 0 Å². The van der Waals surface area contributed by atoms with Crippen LogP contribution < -0.4 is 0 Å². The average molecular weight is 408 g/mol. The minimum Gasteiger partial charge on any atom is -0.481 e. The number of hydrogen-bond acceptors (Lipinski definition) is 2. The second kappa shape index (κ2) is 23.3. The molecule has 1 radical (unpaired) electrons. The number of rotatable bonds is 19. The Morgan fingerprint density at radius 1 is 0.667 bits per heavy atom. The van der Waals surface area contributed by atoms with Crippen LogP contribution in [0, 0.1) is 0 Å². The van der Waals surface area contributed by atoms with Gasteiger partial charge >= 0.3 is 5.97 Å². The predicted octanol–water partition coefficient (Wildman–Crippen LogP) is 7.06. The van der Waals surface area contributed by atoms with Crippen molar-refractivity contribution < 1.29 is 27.0 Å². The zero-order chi connectivity index (χ0) is 17.0. The summed E-state index contributed by atoms with van der Waals surface area (Å²) in [7, 11) is 0. The van der Waals surface area contributed by atoms with Gasteiger partial charge in [0.15, 0.2) is 0 Å². The van der Waals surface area contributed by atoms with E-state index in [1.165, 1.54) is 103 Å². The summed E-state index contributed by atoms with van der Waals surface area (Å²) in [5.74, 6) is 0.579. The minimum atomic E-state index is -0.688. The number of unbranched alkanes of at least 4 members (excludes halogenated alkanes) is 15. The van der Waals surface area contributed by atoms with Gasteiger partial charge in [-0.15, -0.1) is 0 Å². The van der Waals surface area contributed by atoms with Crippen LogP contribution in [0.3, 0.4) is 0 Å². The Bertz CT molecular complexity index is 250. The quantitative estimate of drug-likeness (QED) is 0.184. The van der Waals surface area contributed by atoms with Crippen molar-refractivity contribution in [2.75, 3.05) is 11.5 Å². The molecule has 0 aromatic heterocycles. The van der Waals surface area contributed by atoms with Gasteiger partial charge in [-0.25, -0.2) is 0 Å². The molecule has 0 aromatic rings. The van der Waals surface area contributed by atoms with Crippen molar-refractivity contribution in [3.63, 3.8) is 0 Å². The zero-order valence-electron chi connectivity index (χ0n) is 15.8. The third-order valence-corrected chi connectivity index (χ3v) is 5.40. The summed E-state index contributed by atoms with van der Waals surface area (Å²) in [4.78, 5) is 10.4. The first-order chi connectivity index (χ1) is 11.3. The molecule has 0 fully saturated rings. The van der Waals surface area contributed by atoms with E-state index in [0.29, 0.717) is 0 Å². The molecule has 0 bridgehead atoms. The molecule has 0 unspecified atom stereocenters. The van der Waals surface area contributed by atoms with E-state index in [-0.39, 0.29) is 22.8 Å². The van der Waals surface area contributed by atoms with Crippen LogP contribution in [0.2, 0.25) is 0 Å². The Balaban J connectivity index is 0. The Labute approximate surface area is 165 Å². The third-order valence-electron chi connectivity index (χ3n) is 4.37. The summed E-state index contributed by atoms with van der Waals surface area (Å²) in [6.07, 6.45) is 22.2. The van der Waals surface area contributed by atoms with Crippen LogP contribution in [0.1, 0.15) is 110 Å². The zero-order valence-corrected chi connectivity index (χ0v) is 17.6. The van der Waals surface area contributed by atoms with E-state index in [2.05, 4.69) is 6.92 Å². The number of carboxylic acids is 1. The molecule has 4 heteroatoms. The first kappa shape index (κ1) is 26.6. The normalized spacial score (nSPS) is 10.5. The van der Waals surface area contributed by atoms with Crippen LogP contribution in [0.15, 0.2) is 0 Å². The molecule has 1 N–H and O–H groups in total. The number of carbonyl (C=O) groups is 1. The van der Waals surface area contributed by atoms with Crippen LogP contribution in [0.25, 0.3) is 0 Å². The number of hydrogen-bond donors (Lipinski definition) is 1. The van der Waals surface area contributed by atoms with E-state index in [4.69, 9.17) is 5.11 Å². The molecule has 0 rings (SSSR count). The van der Waals surface area contributed by atoms with Crippen LogP contribution in [0.5, 0.6) is 0 Å². The van der Waals surface area contributed by atoms with Gasteiger partial charge < -0.3 is 5.11 Å². The van der Waals surface area contributed by atoms with Gasteiger partial charge in [0.1, 0.15) is 0 Å². The Kier molecular flexibility index (Phi) is 25.8. The summed E-state index contributed by atoms with van der Waals surface area (Å²) < 4.78 is 0. The third kappa shape index (κ3) is 24.6. The summed E-state index contributed by atoms with van der Waals surface area (Å²) in [5.41, 5.74) is 0. The topological polar surface area (TPSA) is 37.3 Å². The maximum absolute atomic E-state index is 10.4. The van der Waals surface area contributed by atoms with Gasteiger partial charge in [0.2, 0.25) is 0 Å². The Hall–Kier alpha value is 0.339. The first-order valence-electron chi connectivity index (χ1n) is 10.1. The van der Waals surface area contributed by atoms with E-state index in [1.807, 2.05) is 0 Å². The molecule has 0 atom stereocenters. The molecule has 0 aliphatic carbocycles. The SMILES string of the molecule is CCCCCCCCCCCCCCCCCCSCC(=O)O.[Cu]. The molecule has 0 spiro atoms. The summed E-state index contributed by atoms with van der Waals surface area (Å²) in [5, 5.41) is 8.53. The van der Waals surface area contributed by atoms with E-state index in [0.717, 1.165) is 5.75 Å². The number of thioether (sulfide) groups is 1. The maximum Gasteiger partial charge on any atom is 0.313 e. The van der Waals surface area contributed by atoms with Crippen LogP contribution >= 0.6 is 11.8 Å². The molecule has 0 saturated carbocycles. The van der Waals surface area contributed by atoms with Gasteiger partial charge in [-0.05, 0) is 12.2 Å². The van der Waals surface area contributed by atoms with Crippen molar-refractivity contribution in [2.45, 2.75) is 110 Å². The molecule has 0 heterocycles.